The largest absolute Gasteiger partial charge is 0.573 e. The van der Waals surface area contributed by atoms with E-state index < -0.39 is 12.3 Å². The molecular weight excluding hydrogens is 361 g/mol. The number of aromatic nitrogens is 2. The van der Waals surface area contributed by atoms with E-state index >= 15 is 0 Å². The Bertz CT molecular complexity index is 959. The molecule has 2 aromatic carbocycles. The first-order valence-electron chi connectivity index (χ1n) is 7.71. The second-order valence-corrected chi connectivity index (χ2v) is 5.49. The van der Waals surface area contributed by atoms with E-state index in [1.807, 2.05) is 0 Å². The Morgan fingerprint density at radius 2 is 1.85 bits per heavy atom. The molecule has 27 heavy (non-hydrogen) atoms. The molecule has 1 heterocycles. The van der Waals surface area contributed by atoms with Gasteiger partial charge in [0.2, 0.25) is 18.1 Å². The molecule has 1 aromatic heterocycles. The van der Waals surface area contributed by atoms with Crippen LogP contribution in [0.3, 0.4) is 0 Å². The van der Waals surface area contributed by atoms with Gasteiger partial charge < -0.3 is 10.5 Å². The molecule has 3 aromatic rings. The van der Waals surface area contributed by atoms with E-state index in [1.54, 1.807) is 30.3 Å². The third-order valence-electron chi connectivity index (χ3n) is 3.51. The molecule has 4 N–H and O–H groups in total. The zero-order valence-electron chi connectivity index (χ0n) is 13.7. The summed E-state index contributed by atoms with van der Waals surface area (Å²) in [7, 11) is 0. The van der Waals surface area contributed by atoms with Crippen LogP contribution in [0.25, 0.3) is 11.3 Å². The van der Waals surface area contributed by atoms with Gasteiger partial charge in [0, 0.05) is 11.1 Å². The molecule has 3 rings (SSSR count). The number of aromatic amines is 1. The molecule has 0 saturated carbocycles. The summed E-state index contributed by atoms with van der Waals surface area (Å²) in [6.07, 6.45) is -3.28. The third kappa shape index (κ3) is 4.94. The molecule has 0 unspecified atom stereocenters. The van der Waals surface area contributed by atoms with Gasteiger partial charge in [0.15, 0.2) is 5.69 Å². The molecule has 1 amide bonds. The topological polar surface area (TPSA) is 91.4 Å². The summed E-state index contributed by atoms with van der Waals surface area (Å²) in [5.74, 6) is -0.302. The van der Waals surface area contributed by atoms with Crippen LogP contribution in [0.15, 0.2) is 60.9 Å². The summed E-state index contributed by atoms with van der Waals surface area (Å²) >= 11 is 0. The third-order valence-corrected chi connectivity index (χ3v) is 3.51. The number of halogens is 3. The van der Waals surface area contributed by atoms with Crippen LogP contribution in [0.4, 0.5) is 24.7 Å². The van der Waals surface area contributed by atoms with Crippen molar-refractivity contribution in [3.05, 3.63) is 66.5 Å². The highest BCUT2D eigenvalue weighted by Crippen LogP contribution is 2.25. The summed E-state index contributed by atoms with van der Waals surface area (Å²) in [6, 6.07) is 13.7. The fraction of sp³-hybridized carbons (Fsp3) is 0.0556. The first kappa shape index (κ1) is 18.2. The number of alkyl halides is 3. The summed E-state index contributed by atoms with van der Waals surface area (Å²) in [6.45, 7) is 0. The first-order valence-corrected chi connectivity index (χ1v) is 7.71. The van der Waals surface area contributed by atoms with E-state index in [0.717, 1.165) is 0 Å². The van der Waals surface area contributed by atoms with Gasteiger partial charge in [-0.15, -0.1) is 18.2 Å². The van der Waals surface area contributed by atoms with Crippen LogP contribution >= 0.6 is 0 Å². The van der Waals surface area contributed by atoms with Crippen molar-refractivity contribution in [3.8, 4) is 17.0 Å². The molecule has 0 radical (unpaired) electrons. The number of nitrogens with one attached hydrogen (secondary N) is 2. The molecule has 138 valence electrons. The lowest BCUT2D eigenvalue weighted by molar-refractivity contribution is -0.365. The predicted molar refractivity (Wildman–Crippen MR) is 91.2 cm³/mol. The number of H-pyrrole nitrogens is 1. The quantitative estimate of drug-likeness (QED) is 0.716. The van der Waals surface area contributed by atoms with Crippen LogP contribution < -0.4 is 20.8 Å². The number of rotatable bonds is 5. The van der Waals surface area contributed by atoms with Crippen molar-refractivity contribution in [2.45, 2.75) is 6.36 Å². The number of primary amides is 1. The fourth-order valence-corrected chi connectivity index (χ4v) is 2.34. The maximum absolute atomic E-state index is 12.2. The SMILES string of the molecule is NC(=O)c1cccc(-c2cc(Nc3ccc(OC(F)(F)F)cc3)[nH+]cn2)c1. The van der Waals surface area contributed by atoms with Crippen LogP contribution in [-0.2, 0) is 0 Å². The molecule has 0 bridgehead atoms. The van der Waals surface area contributed by atoms with E-state index in [4.69, 9.17) is 5.73 Å². The van der Waals surface area contributed by atoms with E-state index in [0.29, 0.717) is 28.3 Å². The second-order valence-electron chi connectivity index (χ2n) is 5.49. The number of ether oxygens (including phenoxy) is 1. The highest BCUT2D eigenvalue weighted by molar-refractivity contribution is 5.94. The van der Waals surface area contributed by atoms with Gasteiger partial charge in [0.1, 0.15) is 5.75 Å². The van der Waals surface area contributed by atoms with Gasteiger partial charge in [-0.3, -0.25) is 10.1 Å². The van der Waals surface area contributed by atoms with Crippen LogP contribution in [0, 0.1) is 0 Å². The number of benzene rings is 2. The maximum atomic E-state index is 12.2. The van der Waals surface area contributed by atoms with Crippen LogP contribution in [-0.4, -0.2) is 17.3 Å². The molecular formula is C18H14F3N4O2+. The number of amides is 1. The lowest BCUT2D eigenvalue weighted by Crippen LogP contribution is -2.17. The molecule has 0 fully saturated rings. The number of hydrogen-bond acceptors (Lipinski definition) is 4. The van der Waals surface area contributed by atoms with Crippen molar-refractivity contribution < 1.29 is 27.7 Å². The van der Waals surface area contributed by atoms with Gasteiger partial charge in [-0.25, -0.2) is 4.98 Å². The van der Waals surface area contributed by atoms with Gasteiger partial charge in [-0.1, -0.05) is 12.1 Å². The van der Waals surface area contributed by atoms with Gasteiger partial charge in [-0.05, 0) is 36.4 Å². The van der Waals surface area contributed by atoms with Crippen molar-refractivity contribution in [2.24, 2.45) is 5.73 Å². The molecule has 0 aliphatic rings. The standard InChI is InChI=1S/C18H13F3N4O2/c19-18(20,21)27-14-6-4-13(5-7-14)25-16-9-15(23-10-24-16)11-2-1-3-12(8-11)17(22)26/h1-10H,(H2,22,26)(H,23,24,25)/p+1. The van der Waals surface area contributed by atoms with E-state index in [2.05, 4.69) is 20.0 Å². The molecule has 0 spiro atoms. The van der Waals surface area contributed by atoms with Gasteiger partial charge in [0.05, 0.1) is 11.8 Å². The molecule has 9 heteroatoms. The van der Waals surface area contributed by atoms with Crippen LogP contribution in [0.5, 0.6) is 5.75 Å². The number of anilines is 2. The van der Waals surface area contributed by atoms with Crippen molar-refractivity contribution in [2.75, 3.05) is 5.32 Å². The molecule has 6 nitrogen and oxygen atoms in total. The Morgan fingerprint density at radius 1 is 1.11 bits per heavy atom. The minimum Gasteiger partial charge on any atom is -0.406 e. The monoisotopic (exact) mass is 375 g/mol. The molecule has 0 aliphatic heterocycles. The molecule has 0 saturated heterocycles. The number of hydrogen-bond donors (Lipinski definition) is 2. The Hall–Kier alpha value is -3.62. The van der Waals surface area contributed by atoms with E-state index in [9.17, 15) is 18.0 Å². The lowest BCUT2D eigenvalue weighted by Gasteiger charge is -2.09. The number of carbonyl (C=O) groups excluding carboxylic acids is 1. The summed E-state index contributed by atoms with van der Waals surface area (Å²) in [5.41, 5.74) is 7.46. The predicted octanol–water partition coefficient (Wildman–Crippen LogP) is 3.30. The average molecular weight is 375 g/mol. The zero-order chi connectivity index (χ0) is 19.4. The van der Waals surface area contributed by atoms with Crippen LogP contribution in [0.1, 0.15) is 10.4 Å². The Kier molecular flexibility index (Phi) is 4.93. The minimum atomic E-state index is -4.73. The fourth-order valence-electron chi connectivity index (χ4n) is 2.34. The number of nitrogens with zero attached hydrogens (tertiary/aromatic N) is 1. The average Bonchev–Trinajstić information content (AvgIpc) is 2.62. The summed E-state index contributed by atoms with van der Waals surface area (Å²) < 4.78 is 40.4. The smallest absolute Gasteiger partial charge is 0.406 e. The highest BCUT2D eigenvalue weighted by atomic mass is 19.4. The van der Waals surface area contributed by atoms with E-state index in [1.165, 1.54) is 30.6 Å². The highest BCUT2D eigenvalue weighted by Gasteiger charge is 2.31. The molecule has 0 aliphatic carbocycles. The van der Waals surface area contributed by atoms with E-state index in [-0.39, 0.29) is 5.75 Å². The van der Waals surface area contributed by atoms with Gasteiger partial charge in [-0.2, -0.15) is 0 Å². The second kappa shape index (κ2) is 7.32. The lowest BCUT2D eigenvalue weighted by atomic mass is 10.1. The van der Waals surface area contributed by atoms with Crippen LogP contribution in [0.2, 0.25) is 0 Å². The van der Waals surface area contributed by atoms with Gasteiger partial charge in [0.25, 0.3) is 0 Å². The Labute approximate surface area is 151 Å². The summed E-state index contributed by atoms with van der Waals surface area (Å²) in [4.78, 5) is 18.4. The van der Waals surface area contributed by atoms with Crippen molar-refractivity contribution in [1.29, 1.82) is 0 Å². The minimum absolute atomic E-state index is 0.310. The van der Waals surface area contributed by atoms with Gasteiger partial charge >= 0.3 is 6.36 Å². The Morgan fingerprint density at radius 3 is 2.52 bits per heavy atom. The maximum Gasteiger partial charge on any atom is 0.573 e. The summed E-state index contributed by atoms with van der Waals surface area (Å²) in [5, 5.41) is 3.02. The first-order chi connectivity index (χ1) is 12.8. The number of carbonyl (C=O) groups is 1. The van der Waals surface area contributed by atoms with Crippen molar-refractivity contribution >= 4 is 17.4 Å². The normalized spacial score (nSPS) is 11.1. The van der Waals surface area contributed by atoms with Crippen molar-refractivity contribution in [3.63, 3.8) is 0 Å². The zero-order valence-corrected chi connectivity index (χ0v) is 13.7. The van der Waals surface area contributed by atoms with Crippen molar-refractivity contribution in [1.82, 2.24) is 4.98 Å². The Balaban J connectivity index is 1.78. The number of nitrogens with two attached hydrogens (primary N) is 1. The molecule has 0 atom stereocenters.